The third-order valence-corrected chi connectivity index (χ3v) is 6.83. The Morgan fingerprint density at radius 2 is 1.17 bits per heavy atom. The van der Waals surface area contributed by atoms with Crippen molar-refractivity contribution in [1.29, 1.82) is 0 Å². The number of nitrogens with two attached hydrogens (primary N) is 1. The molecule has 0 saturated heterocycles. The largest absolute Gasteiger partial charge is 0.514 e. The van der Waals surface area contributed by atoms with E-state index in [0.29, 0.717) is 5.56 Å². The molecule has 1 rings (SSSR count). The van der Waals surface area contributed by atoms with Crippen LogP contribution in [0.4, 0.5) is 14.4 Å². The quantitative estimate of drug-likeness (QED) is 0.157. The van der Waals surface area contributed by atoms with E-state index in [-0.39, 0.29) is 23.3 Å². The molecule has 42 heavy (non-hydrogen) atoms. The number of carbonyl (C=O) groups excluding carboxylic acids is 3. The van der Waals surface area contributed by atoms with Crippen molar-refractivity contribution in [3.63, 3.8) is 0 Å². The molecule has 12 heteroatoms. The normalized spacial score (nSPS) is 16.0. The number of rotatable bonds is 12. The van der Waals surface area contributed by atoms with E-state index >= 15 is 0 Å². The minimum absolute atomic E-state index is 0.00244. The summed E-state index contributed by atoms with van der Waals surface area (Å²) in [5.41, 5.74) is 5.62. The first-order valence-corrected chi connectivity index (χ1v) is 14.0. The van der Waals surface area contributed by atoms with Crippen molar-refractivity contribution in [2.24, 2.45) is 23.5 Å². The van der Waals surface area contributed by atoms with Crippen LogP contribution in [-0.4, -0.2) is 59.5 Å². The second-order valence-corrected chi connectivity index (χ2v) is 12.1. The van der Waals surface area contributed by atoms with E-state index in [0.717, 1.165) is 0 Å². The minimum Gasteiger partial charge on any atom is -0.480 e. The summed E-state index contributed by atoms with van der Waals surface area (Å²) in [7, 11) is 0. The third kappa shape index (κ3) is 11.8. The molecule has 1 aromatic rings. The molecule has 0 aliphatic rings. The van der Waals surface area contributed by atoms with Crippen molar-refractivity contribution >= 4 is 24.4 Å². The van der Waals surface area contributed by atoms with Gasteiger partial charge in [0.05, 0.1) is 0 Å². The predicted octanol–water partition coefficient (Wildman–Crippen LogP) is 6.28. The number of carbonyl (C=O) groups is 4. The fourth-order valence-electron chi connectivity index (χ4n) is 3.52. The second kappa shape index (κ2) is 15.6. The molecule has 3 N–H and O–H groups in total. The molecule has 1 aromatic carbocycles. The van der Waals surface area contributed by atoms with Gasteiger partial charge in [-0.15, -0.1) is 0 Å². The number of hydrogen-bond donors (Lipinski definition) is 2. The van der Waals surface area contributed by atoms with Gasteiger partial charge in [0.2, 0.25) is 0 Å². The average molecular weight is 598 g/mol. The number of aliphatic carboxylic acids is 1. The van der Waals surface area contributed by atoms with Gasteiger partial charge < -0.3 is 39.3 Å². The molecule has 0 heterocycles. The molecule has 238 valence electrons. The lowest BCUT2D eigenvalue weighted by Crippen LogP contribution is -2.43. The smallest absolute Gasteiger partial charge is 0.480 e. The maximum absolute atomic E-state index is 12.6. The molecule has 6 atom stereocenters. The zero-order valence-electron chi connectivity index (χ0n) is 26.5. The first-order valence-electron chi connectivity index (χ1n) is 14.0. The van der Waals surface area contributed by atoms with E-state index in [9.17, 15) is 24.3 Å². The Morgan fingerprint density at radius 3 is 1.60 bits per heavy atom. The lowest BCUT2D eigenvalue weighted by atomic mass is 9.79. The van der Waals surface area contributed by atoms with Crippen LogP contribution in [0.2, 0.25) is 0 Å². The highest BCUT2D eigenvalue weighted by atomic mass is 16.8. The molecule has 0 bridgehead atoms. The predicted molar refractivity (Wildman–Crippen MR) is 154 cm³/mol. The van der Waals surface area contributed by atoms with Crippen LogP contribution in [-0.2, 0) is 23.7 Å². The van der Waals surface area contributed by atoms with Crippen molar-refractivity contribution in [3.05, 3.63) is 23.8 Å². The second-order valence-electron chi connectivity index (χ2n) is 12.1. The summed E-state index contributed by atoms with van der Waals surface area (Å²) in [6.07, 6.45) is -4.78. The van der Waals surface area contributed by atoms with Crippen LogP contribution < -0.4 is 15.2 Å². The van der Waals surface area contributed by atoms with Gasteiger partial charge in [-0.25, -0.2) is 14.4 Å². The molecule has 0 aliphatic carbocycles. The van der Waals surface area contributed by atoms with E-state index in [4.69, 9.17) is 34.2 Å². The van der Waals surface area contributed by atoms with Crippen LogP contribution in [0, 0.1) is 17.8 Å². The molecule has 0 amide bonds. The van der Waals surface area contributed by atoms with Crippen LogP contribution in [0.5, 0.6) is 11.5 Å². The van der Waals surface area contributed by atoms with E-state index in [2.05, 4.69) is 0 Å². The Bertz CT molecular complexity index is 1080. The van der Waals surface area contributed by atoms with E-state index in [1.54, 1.807) is 48.5 Å². The summed E-state index contributed by atoms with van der Waals surface area (Å²) in [4.78, 5) is 49.4. The number of carboxylic acids is 1. The highest BCUT2D eigenvalue weighted by Gasteiger charge is 2.36. The molecule has 5 unspecified atom stereocenters. The zero-order chi connectivity index (χ0) is 32.5. The molecule has 0 aliphatic heterocycles. The summed E-state index contributed by atoms with van der Waals surface area (Å²) in [6, 6.07) is 2.70. The minimum atomic E-state index is -1.45. The molecule has 0 spiro atoms. The van der Waals surface area contributed by atoms with Crippen LogP contribution in [0.15, 0.2) is 18.2 Å². The van der Waals surface area contributed by atoms with Crippen LogP contribution in [0.1, 0.15) is 87.6 Å². The Labute approximate surface area is 248 Å². The first-order chi connectivity index (χ1) is 19.2. The fourth-order valence-corrected chi connectivity index (χ4v) is 3.52. The van der Waals surface area contributed by atoms with Crippen LogP contribution in [0.3, 0.4) is 0 Å². The van der Waals surface area contributed by atoms with Gasteiger partial charge >= 0.3 is 24.4 Å². The van der Waals surface area contributed by atoms with Gasteiger partial charge in [-0.05, 0) is 71.1 Å². The summed E-state index contributed by atoms with van der Waals surface area (Å²) < 4.78 is 32.0. The van der Waals surface area contributed by atoms with Crippen molar-refractivity contribution in [2.45, 2.75) is 112 Å². The topological polar surface area (TPSA) is 170 Å². The van der Waals surface area contributed by atoms with Crippen molar-refractivity contribution < 1.29 is 52.7 Å². The fraction of sp³-hybridized carbons (Fsp3) is 0.667. The Hall–Kier alpha value is -3.54. The summed E-state index contributed by atoms with van der Waals surface area (Å²) in [5.74, 6) is -3.29. The van der Waals surface area contributed by atoms with E-state index in [1.807, 2.05) is 27.7 Å². The summed E-state index contributed by atoms with van der Waals surface area (Å²) in [6.45, 7) is 19.2. The molecule has 0 saturated carbocycles. The maximum atomic E-state index is 12.6. The standard InChI is InChI=1S/C30H47NO11/c1-15(2)18(6)37-27(34)40-22-13-12-21(14-23(22)41-28(35)38-19(7)16(3)4)24(25(31)26(32)33)17(5)20(8)39-29(36)42-30(9,10)11/h12-20,24-25H,31H2,1-11H3,(H,32,33)/t17?,18?,19?,20?,24?,25-/m0/s1. The molecule has 0 aromatic heterocycles. The number of ether oxygens (including phenoxy) is 6. The van der Waals surface area contributed by atoms with Gasteiger partial charge in [0.15, 0.2) is 11.5 Å². The Morgan fingerprint density at radius 1 is 0.714 bits per heavy atom. The number of hydrogen-bond acceptors (Lipinski definition) is 11. The first kappa shape index (κ1) is 36.5. The summed E-state index contributed by atoms with van der Waals surface area (Å²) >= 11 is 0. The highest BCUT2D eigenvalue weighted by molar-refractivity contribution is 5.75. The Balaban J connectivity index is 3.48. The van der Waals surface area contributed by atoms with Crippen LogP contribution in [0.25, 0.3) is 0 Å². The molecular formula is C30H47NO11. The van der Waals surface area contributed by atoms with Crippen LogP contribution >= 0.6 is 0 Å². The maximum Gasteiger partial charge on any atom is 0.514 e. The summed E-state index contributed by atoms with van der Waals surface area (Å²) in [5, 5.41) is 9.80. The van der Waals surface area contributed by atoms with Crippen molar-refractivity contribution in [1.82, 2.24) is 0 Å². The average Bonchev–Trinajstić information content (AvgIpc) is 2.83. The number of carboxylic acid groups (broad SMARTS) is 1. The molecule has 0 radical (unpaired) electrons. The third-order valence-electron chi connectivity index (χ3n) is 6.83. The number of benzene rings is 1. The SMILES string of the molecule is CC(C)C(C)OC(=O)Oc1ccc(C(C(C)C(C)OC(=O)OC(C)(C)C)[C@H](N)C(=O)O)cc1OC(=O)OC(C)C(C)C. The van der Waals surface area contributed by atoms with Crippen molar-refractivity contribution in [2.75, 3.05) is 0 Å². The van der Waals surface area contributed by atoms with Gasteiger partial charge in [0, 0.05) is 11.8 Å². The Kier molecular flexibility index (Phi) is 13.6. The van der Waals surface area contributed by atoms with Gasteiger partial charge in [-0.1, -0.05) is 40.7 Å². The van der Waals surface area contributed by atoms with Crippen molar-refractivity contribution in [3.8, 4) is 11.5 Å². The highest BCUT2D eigenvalue weighted by Crippen LogP contribution is 2.37. The van der Waals surface area contributed by atoms with Gasteiger partial charge in [-0.2, -0.15) is 0 Å². The van der Waals surface area contributed by atoms with Gasteiger partial charge in [-0.3, -0.25) is 4.79 Å². The monoisotopic (exact) mass is 597 g/mol. The van der Waals surface area contributed by atoms with E-state index < -0.39 is 66.2 Å². The van der Waals surface area contributed by atoms with E-state index in [1.165, 1.54) is 18.2 Å². The zero-order valence-corrected chi connectivity index (χ0v) is 26.5. The molecular weight excluding hydrogens is 550 g/mol. The molecule has 0 fully saturated rings. The lowest BCUT2D eigenvalue weighted by Gasteiger charge is -2.32. The lowest BCUT2D eigenvalue weighted by molar-refractivity contribution is -0.139. The molecule has 12 nitrogen and oxygen atoms in total. The van der Waals surface area contributed by atoms with Gasteiger partial charge in [0.25, 0.3) is 0 Å². The van der Waals surface area contributed by atoms with Gasteiger partial charge in [0.1, 0.15) is 30.0 Å².